The summed E-state index contributed by atoms with van der Waals surface area (Å²) in [5.74, 6) is -3.03. The lowest BCUT2D eigenvalue weighted by Crippen LogP contribution is -2.21. The Morgan fingerprint density at radius 1 is 0.950 bits per heavy atom. The number of benzene rings is 3. The summed E-state index contributed by atoms with van der Waals surface area (Å²) in [5.41, 5.74) is 6.81. The Labute approximate surface area is 229 Å². The molecule has 0 aliphatic rings. The highest BCUT2D eigenvalue weighted by atomic mass is 19.4. The van der Waals surface area contributed by atoms with Crippen LogP contribution >= 0.6 is 0 Å². The molecule has 0 radical (unpaired) electrons. The van der Waals surface area contributed by atoms with Crippen molar-refractivity contribution in [2.24, 2.45) is 0 Å². The maximum absolute atomic E-state index is 11.8. The molecule has 40 heavy (non-hydrogen) atoms. The Bertz CT molecular complexity index is 1460. The minimum Gasteiger partial charge on any atom is -0.478 e. The van der Waals surface area contributed by atoms with Gasteiger partial charge in [0.2, 0.25) is 0 Å². The number of carboxylic acids is 2. The van der Waals surface area contributed by atoms with Gasteiger partial charge in [0, 0.05) is 6.54 Å². The molecule has 0 fully saturated rings. The molecule has 8 nitrogen and oxygen atoms in total. The van der Waals surface area contributed by atoms with Gasteiger partial charge in [0.15, 0.2) is 0 Å². The monoisotopic (exact) mass is 556 g/mol. The number of carbonyl (C=O) groups is 2. The first kappa shape index (κ1) is 30.3. The second-order valence-corrected chi connectivity index (χ2v) is 9.46. The summed E-state index contributed by atoms with van der Waals surface area (Å²) >= 11 is 0. The van der Waals surface area contributed by atoms with E-state index in [1.54, 1.807) is 6.07 Å². The number of H-pyrrole nitrogens is 1. The quantitative estimate of drug-likeness (QED) is 0.199. The van der Waals surface area contributed by atoms with Crippen molar-refractivity contribution in [3.05, 3.63) is 77.6 Å². The number of alkyl halides is 3. The summed E-state index contributed by atoms with van der Waals surface area (Å²) in [4.78, 5) is 30.3. The molecule has 212 valence electrons. The van der Waals surface area contributed by atoms with Crippen LogP contribution in [0.4, 0.5) is 13.2 Å². The maximum atomic E-state index is 11.8. The van der Waals surface area contributed by atoms with Gasteiger partial charge >= 0.3 is 18.1 Å². The highest BCUT2D eigenvalue weighted by Gasteiger charge is 2.38. The van der Waals surface area contributed by atoms with Crippen molar-refractivity contribution < 1.29 is 33.0 Å². The van der Waals surface area contributed by atoms with Gasteiger partial charge in [-0.1, -0.05) is 42.5 Å². The molecule has 1 heterocycles. The first-order valence-electron chi connectivity index (χ1n) is 12.4. The molecule has 3 aromatic carbocycles. The standard InChI is InChI=1S/C27H30N4O2.C2HF3O2/c1-18-29-25-16-23(15-24(27(32)33)26(25)30-18)21-10-8-20(9-11-21)22-7-4-6-19(14-22)17-28-12-5-13-31(2)3;3-2(4,5)1(6)7/h4,6-11,14-16,28H,5,12-13,17H2,1-3H3,(H,29,30)(H,32,33);(H,6,7). The number of rotatable bonds is 9. The molecular weight excluding hydrogens is 525 g/mol. The van der Waals surface area contributed by atoms with Gasteiger partial charge < -0.3 is 25.4 Å². The Kier molecular flexibility index (Phi) is 10.0. The molecule has 0 atom stereocenters. The number of hydrogen-bond donors (Lipinski definition) is 4. The van der Waals surface area contributed by atoms with Crippen molar-refractivity contribution in [3.63, 3.8) is 0 Å². The van der Waals surface area contributed by atoms with E-state index in [1.165, 1.54) is 11.1 Å². The molecule has 0 bridgehead atoms. The van der Waals surface area contributed by atoms with Crippen LogP contribution < -0.4 is 5.32 Å². The number of aromatic nitrogens is 2. The van der Waals surface area contributed by atoms with E-state index < -0.39 is 18.1 Å². The third-order valence-corrected chi connectivity index (χ3v) is 5.94. The van der Waals surface area contributed by atoms with E-state index >= 15 is 0 Å². The number of nitrogens with one attached hydrogen (secondary N) is 2. The van der Waals surface area contributed by atoms with Crippen molar-refractivity contribution in [1.29, 1.82) is 0 Å². The largest absolute Gasteiger partial charge is 0.490 e. The average Bonchev–Trinajstić information content (AvgIpc) is 3.27. The summed E-state index contributed by atoms with van der Waals surface area (Å²) in [6.07, 6.45) is -3.96. The van der Waals surface area contributed by atoms with E-state index in [2.05, 4.69) is 70.7 Å². The molecular formula is C29H31F3N4O4. The molecule has 0 unspecified atom stereocenters. The van der Waals surface area contributed by atoms with Crippen LogP contribution in [0.25, 0.3) is 33.3 Å². The molecule has 4 N–H and O–H groups in total. The minimum atomic E-state index is -5.08. The molecule has 1 aromatic heterocycles. The van der Waals surface area contributed by atoms with Crippen LogP contribution in [0, 0.1) is 6.92 Å². The van der Waals surface area contributed by atoms with Crippen LogP contribution in [0.1, 0.15) is 28.2 Å². The Morgan fingerprint density at radius 3 is 2.15 bits per heavy atom. The fourth-order valence-corrected chi connectivity index (χ4v) is 4.04. The molecule has 0 saturated heterocycles. The second kappa shape index (κ2) is 13.2. The fraction of sp³-hybridized carbons (Fsp3) is 0.276. The molecule has 11 heteroatoms. The van der Waals surface area contributed by atoms with Crippen molar-refractivity contribution in [2.75, 3.05) is 27.2 Å². The van der Waals surface area contributed by atoms with Crippen molar-refractivity contribution in [2.45, 2.75) is 26.1 Å². The third kappa shape index (κ3) is 8.39. The van der Waals surface area contributed by atoms with Crippen molar-refractivity contribution in [3.8, 4) is 22.3 Å². The van der Waals surface area contributed by atoms with E-state index in [0.29, 0.717) is 11.3 Å². The van der Waals surface area contributed by atoms with Crippen LogP contribution in [0.5, 0.6) is 0 Å². The smallest absolute Gasteiger partial charge is 0.478 e. The number of carboxylic acid groups (broad SMARTS) is 2. The van der Waals surface area contributed by atoms with E-state index in [9.17, 15) is 23.1 Å². The van der Waals surface area contributed by atoms with Gasteiger partial charge in [-0.3, -0.25) is 0 Å². The first-order valence-corrected chi connectivity index (χ1v) is 12.4. The van der Waals surface area contributed by atoms with Gasteiger partial charge in [0.05, 0.1) is 11.1 Å². The maximum Gasteiger partial charge on any atom is 0.490 e. The van der Waals surface area contributed by atoms with Crippen LogP contribution in [-0.2, 0) is 11.3 Å². The summed E-state index contributed by atoms with van der Waals surface area (Å²) in [7, 11) is 4.19. The lowest BCUT2D eigenvalue weighted by atomic mass is 9.97. The molecule has 4 aromatic rings. The van der Waals surface area contributed by atoms with E-state index in [1.807, 2.05) is 25.1 Å². The number of hydrogen-bond acceptors (Lipinski definition) is 5. The number of fused-ring (bicyclic) bond motifs is 1. The van der Waals surface area contributed by atoms with Gasteiger partial charge in [-0.25, -0.2) is 14.6 Å². The number of aliphatic carboxylic acids is 1. The van der Waals surface area contributed by atoms with Crippen LogP contribution in [0.3, 0.4) is 0 Å². The zero-order valence-electron chi connectivity index (χ0n) is 22.3. The molecule has 0 spiro atoms. The van der Waals surface area contributed by atoms with Crippen LogP contribution in [0.15, 0.2) is 60.7 Å². The van der Waals surface area contributed by atoms with E-state index in [4.69, 9.17) is 9.90 Å². The first-order chi connectivity index (χ1) is 18.8. The Hall–Kier alpha value is -4.22. The topological polar surface area (TPSA) is 119 Å². The summed E-state index contributed by atoms with van der Waals surface area (Å²) in [6.45, 7) is 4.75. The summed E-state index contributed by atoms with van der Waals surface area (Å²) in [5, 5.41) is 20.3. The fourth-order valence-electron chi connectivity index (χ4n) is 4.04. The van der Waals surface area contributed by atoms with Gasteiger partial charge in [-0.2, -0.15) is 13.2 Å². The lowest BCUT2D eigenvalue weighted by Gasteiger charge is -2.11. The highest BCUT2D eigenvalue weighted by Crippen LogP contribution is 2.29. The average molecular weight is 557 g/mol. The zero-order chi connectivity index (χ0) is 29.4. The number of halogens is 3. The predicted octanol–water partition coefficient (Wildman–Crippen LogP) is 5.58. The van der Waals surface area contributed by atoms with Crippen LogP contribution in [-0.4, -0.2) is 70.4 Å². The van der Waals surface area contributed by atoms with E-state index in [0.717, 1.165) is 48.3 Å². The molecule has 4 rings (SSSR count). The normalized spacial score (nSPS) is 11.4. The minimum absolute atomic E-state index is 0.210. The SMILES string of the molecule is Cc1nc2c(C(=O)O)cc(-c3ccc(-c4cccc(CNCCCN(C)C)c4)cc3)cc2[nH]1.O=C(O)C(F)(F)F. The van der Waals surface area contributed by atoms with Gasteiger partial charge in [0.25, 0.3) is 0 Å². The molecule has 0 amide bonds. The van der Waals surface area contributed by atoms with Crippen LogP contribution in [0.2, 0.25) is 0 Å². The molecule has 0 aliphatic carbocycles. The Balaban J connectivity index is 0.000000559. The predicted molar refractivity (Wildman–Crippen MR) is 147 cm³/mol. The van der Waals surface area contributed by atoms with E-state index in [-0.39, 0.29) is 5.56 Å². The zero-order valence-corrected chi connectivity index (χ0v) is 22.3. The summed E-state index contributed by atoms with van der Waals surface area (Å²) < 4.78 is 31.7. The van der Waals surface area contributed by atoms with Gasteiger partial charge in [-0.15, -0.1) is 0 Å². The molecule has 0 saturated carbocycles. The molecule has 0 aliphatic heterocycles. The summed E-state index contributed by atoms with van der Waals surface area (Å²) in [6, 6.07) is 20.5. The number of aryl methyl sites for hydroxylation is 1. The van der Waals surface area contributed by atoms with Gasteiger partial charge in [-0.05, 0) is 86.5 Å². The van der Waals surface area contributed by atoms with Crippen molar-refractivity contribution in [1.82, 2.24) is 20.2 Å². The highest BCUT2D eigenvalue weighted by molar-refractivity contribution is 6.03. The Morgan fingerprint density at radius 2 is 1.57 bits per heavy atom. The van der Waals surface area contributed by atoms with Gasteiger partial charge in [0.1, 0.15) is 11.3 Å². The number of aromatic amines is 1. The lowest BCUT2D eigenvalue weighted by molar-refractivity contribution is -0.192. The second-order valence-electron chi connectivity index (χ2n) is 9.46. The number of imidazole rings is 1. The third-order valence-electron chi connectivity index (χ3n) is 5.94. The number of nitrogens with zero attached hydrogens (tertiary/aromatic N) is 2. The number of aromatic carboxylic acids is 1. The van der Waals surface area contributed by atoms with Crippen molar-refractivity contribution >= 4 is 23.0 Å².